The van der Waals surface area contributed by atoms with Gasteiger partial charge in [-0.1, -0.05) is 22.0 Å². The minimum absolute atomic E-state index is 0.0323. The van der Waals surface area contributed by atoms with Gasteiger partial charge < -0.3 is 15.1 Å². The van der Waals surface area contributed by atoms with Crippen LogP contribution in [0.15, 0.2) is 22.7 Å². The van der Waals surface area contributed by atoms with Crippen molar-refractivity contribution in [1.82, 2.24) is 0 Å². The van der Waals surface area contributed by atoms with Crippen LogP contribution in [0.2, 0.25) is 0 Å². The Bertz CT molecular complexity index is 304. The van der Waals surface area contributed by atoms with E-state index in [4.69, 9.17) is 10.2 Å². The van der Waals surface area contributed by atoms with Gasteiger partial charge in [0, 0.05) is 23.8 Å². The second-order valence-electron chi connectivity index (χ2n) is 3.08. The monoisotopic (exact) mass is 259 g/mol. The normalized spacial score (nSPS) is 10.3. The topological polar surface area (TPSA) is 43.7 Å². The lowest BCUT2D eigenvalue weighted by molar-refractivity contribution is 0.281. The Morgan fingerprint density at radius 1 is 1.36 bits per heavy atom. The van der Waals surface area contributed by atoms with Crippen molar-refractivity contribution in [2.75, 3.05) is 25.1 Å². The quantitative estimate of drug-likeness (QED) is 0.859. The summed E-state index contributed by atoms with van der Waals surface area (Å²) in [6, 6.07) is 5.72. The average Bonchev–Trinajstić information content (AvgIpc) is 2.18. The van der Waals surface area contributed by atoms with E-state index < -0.39 is 0 Å². The summed E-state index contributed by atoms with van der Waals surface area (Å²) in [6.07, 6.45) is 0. The summed E-state index contributed by atoms with van der Waals surface area (Å²) >= 11 is 3.38. The number of halogens is 1. The van der Waals surface area contributed by atoms with Gasteiger partial charge in [-0.2, -0.15) is 0 Å². The van der Waals surface area contributed by atoms with Crippen LogP contribution >= 0.6 is 15.9 Å². The Morgan fingerprint density at radius 2 is 2.07 bits per heavy atom. The fourth-order valence-corrected chi connectivity index (χ4v) is 1.67. The van der Waals surface area contributed by atoms with E-state index in [1.807, 2.05) is 30.1 Å². The number of aliphatic hydroxyl groups excluding tert-OH is 2. The van der Waals surface area contributed by atoms with Gasteiger partial charge >= 0.3 is 0 Å². The number of nitrogens with zero attached hydrogens (tertiary/aromatic N) is 1. The summed E-state index contributed by atoms with van der Waals surface area (Å²) in [6.45, 7) is 0.769. The first kappa shape index (κ1) is 11.5. The average molecular weight is 260 g/mol. The van der Waals surface area contributed by atoms with Crippen molar-refractivity contribution in [3.63, 3.8) is 0 Å². The number of hydrogen-bond acceptors (Lipinski definition) is 3. The van der Waals surface area contributed by atoms with E-state index in [1.54, 1.807) is 0 Å². The molecule has 1 aromatic carbocycles. The van der Waals surface area contributed by atoms with E-state index in [0.717, 1.165) is 15.7 Å². The smallest absolute Gasteiger partial charge is 0.0692 e. The molecule has 0 amide bonds. The Balaban J connectivity index is 2.85. The van der Waals surface area contributed by atoms with E-state index in [1.165, 1.54) is 0 Å². The van der Waals surface area contributed by atoms with E-state index in [9.17, 15) is 0 Å². The molecule has 0 fully saturated rings. The number of rotatable bonds is 4. The summed E-state index contributed by atoms with van der Waals surface area (Å²) in [5.41, 5.74) is 1.88. The van der Waals surface area contributed by atoms with Crippen LogP contribution in [-0.4, -0.2) is 30.4 Å². The standard InChI is InChI=1S/C10H14BrNO2/c1-12(4-5-13)9-3-2-8(7-14)10(11)6-9/h2-3,6,13-14H,4-5,7H2,1H3. The van der Waals surface area contributed by atoms with E-state index in [2.05, 4.69) is 15.9 Å². The maximum absolute atomic E-state index is 8.97. The minimum Gasteiger partial charge on any atom is -0.395 e. The van der Waals surface area contributed by atoms with Crippen molar-refractivity contribution in [1.29, 1.82) is 0 Å². The van der Waals surface area contributed by atoms with Crippen molar-refractivity contribution < 1.29 is 10.2 Å². The number of benzene rings is 1. The molecule has 0 aliphatic carbocycles. The molecule has 4 heteroatoms. The molecular formula is C10H14BrNO2. The molecule has 0 aliphatic rings. The molecule has 1 rings (SSSR count). The van der Waals surface area contributed by atoms with Crippen LogP contribution in [-0.2, 0) is 6.61 Å². The highest BCUT2D eigenvalue weighted by Crippen LogP contribution is 2.23. The van der Waals surface area contributed by atoms with Gasteiger partial charge in [0.05, 0.1) is 13.2 Å². The molecule has 3 nitrogen and oxygen atoms in total. The third-order valence-corrected chi connectivity index (χ3v) is 2.82. The van der Waals surface area contributed by atoms with Crippen LogP contribution in [0.5, 0.6) is 0 Å². The van der Waals surface area contributed by atoms with Crippen LogP contribution in [0.1, 0.15) is 5.56 Å². The first-order valence-corrected chi connectivity index (χ1v) is 5.19. The highest BCUT2D eigenvalue weighted by Gasteiger charge is 2.03. The molecule has 0 spiro atoms. The summed E-state index contributed by atoms with van der Waals surface area (Å²) in [5.74, 6) is 0. The van der Waals surface area contributed by atoms with Crippen LogP contribution in [0.4, 0.5) is 5.69 Å². The van der Waals surface area contributed by atoms with Gasteiger partial charge in [0.15, 0.2) is 0 Å². The summed E-state index contributed by atoms with van der Waals surface area (Å²) < 4.78 is 0.891. The number of anilines is 1. The summed E-state index contributed by atoms with van der Waals surface area (Å²) in [4.78, 5) is 1.95. The van der Waals surface area contributed by atoms with Gasteiger partial charge in [0.1, 0.15) is 0 Å². The molecule has 2 N–H and O–H groups in total. The highest BCUT2D eigenvalue weighted by molar-refractivity contribution is 9.10. The third kappa shape index (κ3) is 2.70. The van der Waals surface area contributed by atoms with Gasteiger partial charge in [-0.15, -0.1) is 0 Å². The van der Waals surface area contributed by atoms with Crippen molar-refractivity contribution >= 4 is 21.6 Å². The highest BCUT2D eigenvalue weighted by atomic mass is 79.9. The number of hydrogen-bond donors (Lipinski definition) is 2. The Kier molecular flexibility index (Phi) is 4.38. The van der Waals surface area contributed by atoms with Gasteiger partial charge in [0.25, 0.3) is 0 Å². The number of likely N-dealkylation sites (N-methyl/N-ethyl adjacent to an activating group) is 1. The lowest BCUT2D eigenvalue weighted by Crippen LogP contribution is -2.21. The zero-order chi connectivity index (χ0) is 10.6. The fourth-order valence-electron chi connectivity index (χ4n) is 1.18. The molecule has 14 heavy (non-hydrogen) atoms. The first-order chi connectivity index (χ1) is 6.69. The molecule has 0 aromatic heterocycles. The predicted molar refractivity (Wildman–Crippen MR) is 60.4 cm³/mol. The summed E-state index contributed by atoms with van der Waals surface area (Å²) in [7, 11) is 1.91. The molecular weight excluding hydrogens is 246 g/mol. The second kappa shape index (κ2) is 5.34. The Hall–Kier alpha value is -0.580. The predicted octanol–water partition coefficient (Wildman–Crippen LogP) is 1.37. The van der Waals surface area contributed by atoms with Crippen LogP contribution in [0.3, 0.4) is 0 Å². The maximum Gasteiger partial charge on any atom is 0.0692 e. The molecule has 0 aliphatic heterocycles. The van der Waals surface area contributed by atoms with Crippen LogP contribution < -0.4 is 4.90 Å². The third-order valence-electron chi connectivity index (χ3n) is 2.08. The van der Waals surface area contributed by atoms with Gasteiger partial charge in [-0.25, -0.2) is 0 Å². The van der Waals surface area contributed by atoms with Crippen LogP contribution in [0, 0.1) is 0 Å². The minimum atomic E-state index is 0.0323. The lowest BCUT2D eigenvalue weighted by atomic mass is 10.2. The zero-order valence-electron chi connectivity index (χ0n) is 8.07. The van der Waals surface area contributed by atoms with E-state index in [0.29, 0.717) is 6.54 Å². The molecule has 0 bridgehead atoms. The molecule has 0 radical (unpaired) electrons. The van der Waals surface area contributed by atoms with Gasteiger partial charge in [0.2, 0.25) is 0 Å². The summed E-state index contributed by atoms with van der Waals surface area (Å²) in [5, 5.41) is 17.7. The maximum atomic E-state index is 8.97. The first-order valence-electron chi connectivity index (χ1n) is 4.40. The molecule has 0 atom stereocenters. The van der Waals surface area contributed by atoms with E-state index >= 15 is 0 Å². The molecule has 78 valence electrons. The Morgan fingerprint density at radius 3 is 2.57 bits per heavy atom. The molecule has 0 heterocycles. The van der Waals surface area contributed by atoms with Gasteiger partial charge in [-0.05, 0) is 17.7 Å². The van der Waals surface area contributed by atoms with Gasteiger partial charge in [-0.3, -0.25) is 0 Å². The number of aliphatic hydroxyl groups is 2. The van der Waals surface area contributed by atoms with Crippen molar-refractivity contribution in [3.05, 3.63) is 28.2 Å². The second-order valence-corrected chi connectivity index (χ2v) is 3.93. The molecule has 0 saturated heterocycles. The van der Waals surface area contributed by atoms with Crippen molar-refractivity contribution in [2.24, 2.45) is 0 Å². The van der Waals surface area contributed by atoms with Crippen molar-refractivity contribution in [2.45, 2.75) is 6.61 Å². The van der Waals surface area contributed by atoms with Crippen LogP contribution in [0.25, 0.3) is 0 Å². The largest absolute Gasteiger partial charge is 0.395 e. The van der Waals surface area contributed by atoms with E-state index in [-0.39, 0.29) is 13.2 Å². The van der Waals surface area contributed by atoms with Crippen molar-refractivity contribution in [3.8, 4) is 0 Å². The zero-order valence-corrected chi connectivity index (χ0v) is 9.66. The molecule has 0 unspecified atom stereocenters. The fraction of sp³-hybridized carbons (Fsp3) is 0.400. The lowest BCUT2D eigenvalue weighted by Gasteiger charge is -2.18. The Labute approximate surface area is 92.1 Å². The molecule has 0 saturated carbocycles. The molecule has 1 aromatic rings. The SMILES string of the molecule is CN(CCO)c1ccc(CO)c(Br)c1.